The molecule has 1 heterocycles. The number of nitrogens with two attached hydrogens (primary N) is 3. The number of aromatic nitrogens is 1. The van der Waals surface area contributed by atoms with Crippen LogP contribution in [-0.4, -0.2) is 58.5 Å². The Bertz CT molecular complexity index is 1240. The van der Waals surface area contributed by atoms with E-state index in [9.17, 15) is 19.5 Å². The summed E-state index contributed by atoms with van der Waals surface area (Å²) in [5, 5.41) is 16.0. The number of hydrogen-bond donors (Lipinski definition) is 7. The number of carbonyl (C=O) groups is 3. The molecule has 0 spiro atoms. The summed E-state index contributed by atoms with van der Waals surface area (Å²) >= 11 is 0. The normalized spacial score (nSPS) is 13.3. The summed E-state index contributed by atoms with van der Waals surface area (Å²) in [4.78, 5) is 45.1. The van der Waals surface area contributed by atoms with E-state index in [-0.39, 0.29) is 18.8 Å². The van der Waals surface area contributed by atoms with Gasteiger partial charge in [-0.1, -0.05) is 48.5 Å². The first-order valence-electron chi connectivity index (χ1n) is 12.0. The van der Waals surface area contributed by atoms with E-state index in [2.05, 4.69) is 20.6 Å². The lowest BCUT2D eigenvalue weighted by atomic mass is 10.0. The van der Waals surface area contributed by atoms with Crippen LogP contribution in [0, 0.1) is 0 Å². The predicted octanol–water partition coefficient (Wildman–Crippen LogP) is 0.388. The maximum Gasteiger partial charge on any atom is 0.326 e. The maximum atomic E-state index is 13.3. The van der Waals surface area contributed by atoms with Gasteiger partial charge in [0.15, 0.2) is 5.96 Å². The second kappa shape index (κ2) is 13.1. The third-order valence-electron chi connectivity index (χ3n) is 5.93. The second-order valence-corrected chi connectivity index (χ2v) is 8.77. The van der Waals surface area contributed by atoms with E-state index in [4.69, 9.17) is 17.2 Å². The van der Waals surface area contributed by atoms with Crippen molar-refractivity contribution in [1.82, 2.24) is 15.6 Å². The molecule has 0 radical (unpaired) electrons. The molecule has 1 aromatic heterocycles. The summed E-state index contributed by atoms with van der Waals surface area (Å²) in [7, 11) is 0. The number of carboxylic acid groups (broad SMARTS) is 1. The average Bonchev–Trinajstić information content (AvgIpc) is 3.28. The third-order valence-corrected chi connectivity index (χ3v) is 5.93. The number of amides is 2. The number of fused-ring (bicyclic) bond motifs is 1. The SMILES string of the molecule is NC(N)=NCCCC(N)C(=O)NC(Cc1ccccc1)C(=O)NC(Cc1c[nH]c2ccccc12)C(=O)O. The molecule has 0 aliphatic heterocycles. The van der Waals surface area contributed by atoms with Crippen LogP contribution in [0.15, 0.2) is 65.8 Å². The molecule has 3 aromatic rings. The summed E-state index contributed by atoms with van der Waals surface area (Å²) in [6.07, 6.45) is 2.76. The monoisotopic (exact) mass is 507 g/mol. The molecule has 11 heteroatoms. The molecule has 0 aliphatic carbocycles. The van der Waals surface area contributed by atoms with Gasteiger partial charge in [-0.3, -0.25) is 14.6 Å². The van der Waals surface area contributed by atoms with Crippen LogP contribution in [0.25, 0.3) is 10.9 Å². The molecule has 0 fully saturated rings. The van der Waals surface area contributed by atoms with Crippen molar-refractivity contribution in [2.75, 3.05) is 6.54 Å². The number of hydrogen-bond acceptors (Lipinski definition) is 5. The lowest BCUT2D eigenvalue weighted by molar-refractivity contribution is -0.142. The van der Waals surface area contributed by atoms with E-state index in [1.165, 1.54) is 0 Å². The number of rotatable bonds is 13. The highest BCUT2D eigenvalue weighted by atomic mass is 16.4. The largest absolute Gasteiger partial charge is 0.480 e. The Morgan fingerprint density at radius 3 is 2.30 bits per heavy atom. The van der Waals surface area contributed by atoms with E-state index in [1.807, 2.05) is 54.6 Å². The molecule has 0 bridgehead atoms. The summed E-state index contributed by atoms with van der Waals surface area (Å²) < 4.78 is 0. The standard InChI is InChI=1S/C26H33N7O4/c27-19(10-6-12-30-26(28)29)23(34)32-21(13-16-7-2-1-3-8-16)24(35)33-22(25(36)37)14-17-15-31-20-11-5-4-9-18(17)20/h1-5,7-9,11,15,19,21-22,31H,6,10,12-14,27H2,(H,32,34)(H,33,35)(H,36,37)(H4,28,29,30). The van der Waals surface area contributed by atoms with Crippen LogP contribution in [0.1, 0.15) is 24.0 Å². The van der Waals surface area contributed by atoms with E-state index < -0.39 is 35.9 Å². The molecule has 3 atom stereocenters. The molecule has 0 saturated carbocycles. The Kier molecular flexibility index (Phi) is 9.61. The minimum atomic E-state index is -1.20. The van der Waals surface area contributed by atoms with Crippen LogP contribution < -0.4 is 27.8 Å². The summed E-state index contributed by atoms with van der Waals surface area (Å²) in [6.45, 7) is 0.325. The molecule has 196 valence electrons. The molecule has 11 nitrogen and oxygen atoms in total. The fourth-order valence-electron chi connectivity index (χ4n) is 3.98. The number of aliphatic imine (C=N–C) groups is 1. The molecule has 2 aromatic carbocycles. The number of nitrogens with zero attached hydrogens (tertiary/aromatic N) is 1. The smallest absolute Gasteiger partial charge is 0.326 e. The fraction of sp³-hybridized carbons (Fsp3) is 0.308. The van der Waals surface area contributed by atoms with Gasteiger partial charge in [0, 0.05) is 36.5 Å². The van der Waals surface area contributed by atoms with Crippen molar-refractivity contribution in [3.8, 4) is 0 Å². The number of aliphatic carboxylic acids is 1. The van der Waals surface area contributed by atoms with Crippen LogP contribution in [-0.2, 0) is 27.2 Å². The lowest BCUT2D eigenvalue weighted by Crippen LogP contribution is -2.55. The van der Waals surface area contributed by atoms with Crippen LogP contribution in [0.4, 0.5) is 0 Å². The summed E-state index contributed by atoms with van der Waals surface area (Å²) in [6, 6.07) is 13.5. The predicted molar refractivity (Wildman–Crippen MR) is 142 cm³/mol. The maximum absolute atomic E-state index is 13.3. The summed E-state index contributed by atoms with van der Waals surface area (Å²) in [5.74, 6) is -2.36. The Labute approximate surface area is 214 Å². The summed E-state index contributed by atoms with van der Waals surface area (Å²) in [5.41, 5.74) is 19.0. The van der Waals surface area contributed by atoms with Gasteiger partial charge in [0.25, 0.3) is 0 Å². The van der Waals surface area contributed by atoms with Crippen LogP contribution in [0.3, 0.4) is 0 Å². The van der Waals surface area contributed by atoms with Crippen molar-refractivity contribution in [2.24, 2.45) is 22.2 Å². The lowest BCUT2D eigenvalue weighted by Gasteiger charge is -2.23. The van der Waals surface area contributed by atoms with Gasteiger partial charge in [-0.15, -0.1) is 0 Å². The number of H-pyrrole nitrogens is 1. The Balaban J connectivity index is 1.71. The average molecular weight is 508 g/mol. The first-order chi connectivity index (χ1) is 17.7. The number of para-hydroxylation sites is 1. The van der Waals surface area contributed by atoms with Crippen LogP contribution in [0.5, 0.6) is 0 Å². The zero-order valence-electron chi connectivity index (χ0n) is 20.4. The molecule has 3 rings (SSSR count). The molecule has 37 heavy (non-hydrogen) atoms. The van der Waals surface area contributed by atoms with Crippen molar-refractivity contribution in [3.05, 3.63) is 71.9 Å². The van der Waals surface area contributed by atoms with Gasteiger partial charge in [0.05, 0.1) is 6.04 Å². The topological polar surface area (TPSA) is 202 Å². The Morgan fingerprint density at radius 1 is 0.919 bits per heavy atom. The molecule has 0 saturated heterocycles. The highest BCUT2D eigenvalue weighted by Crippen LogP contribution is 2.19. The van der Waals surface area contributed by atoms with E-state index in [0.29, 0.717) is 19.4 Å². The van der Waals surface area contributed by atoms with E-state index in [0.717, 1.165) is 22.0 Å². The molecular weight excluding hydrogens is 474 g/mol. The van der Waals surface area contributed by atoms with E-state index in [1.54, 1.807) is 6.20 Å². The number of benzene rings is 2. The minimum absolute atomic E-state index is 0.0433. The Hall–Kier alpha value is -4.38. The van der Waals surface area contributed by atoms with Crippen molar-refractivity contribution in [2.45, 2.75) is 43.8 Å². The van der Waals surface area contributed by atoms with Crippen molar-refractivity contribution in [3.63, 3.8) is 0 Å². The third kappa shape index (κ3) is 8.07. The zero-order valence-corrected chi connectivity index (χ0v) is 20.4. The Morgan fingerprint density at radius 2 is 1.59 bits per heavy atom. The van der Waals surface area contributed by atoms with Gasteiger partial charge < -0.3 is 37.9 Å². The minimum Gasteiger partial charge on any atom is -0.480 e. The van der Waals surface area contributed by atoms with E-state index >= 15 is 0 Å². The number of carbonyl (C=O) groups excluding carboxylic acids is 2. The molecular formula is C26H33N7O4. The van der Waals surface area contributed by atoms with Crippen molar-refractivity contribution < 1.29 is 19.5 Å². The number of guanidine groups is 1. The van der Waals surface area contributed by atoms with Gasteiger partial charge in [-0.2, -0.15) is 0 Å². The van der Waals surface area contributed by atoms with Crippen molar-refractivity contribution >= 4 is 34.6 Å². The van der Waals surface area contributed by atoms with Crippen molar-refractivity contribution in [1.29, 1.82) is 0 Å². The van der Waals surface area contributed by atoms with Gasteiger partial charge in [-0.05, 0) is 30.0 Å². The first-order valence-corrected chi connectivity index (χ1v) is 12.0. The second-order valence-electron chi connectivity index (χ2n) is 8.77. The van der Waals surface area contributed by atoms with Gasteiger partial charge in [-0.25, -0.2) is 4.79 Å². The van der Waals surface area contributed by atoms with Gasteiger partial charge >= 0.3 is 5.97 Å². The number of carboxylic acids is 1. The molecule has 3 unspecified atom stereocenters. The highest BCUT2D eigenvalue weighted by Gasteiger charge is 2.28. The van der Waals surface area contributed by atoms with Gasteiger partial charge in [0.2, 0.25) is 11.8 Å². The highest BCUT2D eigenvalue weighted by molar-refractivity contribution is 5.92. The number of nitrogens with one attached hydrogen (secondary N) is 3. The molecule has 2 amide bonds. The first kappa shape index (κ1) is 27.2. The van der Waals surface area contributed by atoms with Gasteiger partial charge in [0.1, 0.15) is 12.1 Å². The zero-order chi connectivity index (χ0) is 26.8. The fourth-order valence-corrected chi connectivity index (χ4v) is 3.98. The van der Waals surface area contributed by atoms with Crippen LogP contribution in [0.2, 0.25) is 0 Å². The molecule has 10 N–H and O–H groups in total. The molecule has 0 aliphatic rings. The quantitative estimate of drug-likeness (QED) is 0.0984. The van der Waals surface area contributed by atoms with Crippen LogP contribution >= 0.6 is 0 Å². The number of aromatic amines is 1.